The van der Waals surface area contributed by atoms with Crippen LogP contribution in [0.25, 0.3) is 11.4 Å². The average molecular weight is 364 g/mol. The lowest BCUT2D eigenvalue weighted by Crippen LogP contribution is -2.28. The van der Waals surface area contributed by atoms with Gasteiger partial charge in [-0.15, -0.1) is 5.10 Å². The Bertz CT molecular complexity index is 923. The van der Waals surface area contributed by atoms with Crippen LogP contribution in [0.1, 0.15) is 12.0 Å². The molecule has 0 radical (unpaired) electrons. The molecule has 138 valence electrons. The number of aromatic nitrogens is 4. The molecule has 0 aliphatic heterocycles. The highest BCUT2D eigenvalue weighted by Crippen LogP contribution is 2.19. The maximum atomic E-state index is 12.1. The summed E-state index contributed by atoms with van der Waals surface area (Å²) in [5.41, 5.74) is 2.39. The van der Waals surface area contributed by atoms with Crippen molar-refractivity contribution in [1.29, 1.82) is 0 Å². The predicted molar refractivity (Wildman–Crippen MR) is 101 cm³/mol. The number of amides is 2. The minimum atomic E-state index is -0.178. The van der Waals surface area contributed by atoms with E-state index in [0.717, 1.165) is 11.1 Å². The van der Waals surface area contributed by atoms with Crippen LogP contribution in [0.15, 0.2) is 54.6 Å². The molecule has 0 aliphatic carbocycles. The van der Waals surface area contributed by atoms with E-state index in [2.05, 4.69) is 26.2 Å². The fourth-order valence-electron chi connectivity index (χ4n) is 2.59. The number of aryl methyl sites for hydroxylation is 1. The third-order valence-electron chi connectivity index (χ3n) is 3.91. The summed E-state index contributed by atoms with van der Waals surface area (Å²) in [7, 11) is 1.75. The van der Waals surface area contributed by atoms with Gasteiger partial charge in [0.1, 0.15) is 0 Å². The lowest BCUT2D eigenvalue weighted by atomic mass is 10.1. The number of tetrazole rings is 1. The van der Waals surface area contributed by atoms with Gasteiger partial charge >= 0.3 is 0 Å². The Morgan fingerprint density at radius 3 is 2.59 bits per heavy atom. The molecule has 3 rings (SSSR count). The van der Waals surface area contributed by atoms with Gasteiger partial charge in [-0.05, 0) is 28.1 Å². The van der Waals surface area contributed by atoms with Crippen LogP contribution < -0.4 is 10.6 Å². The van der Waals surface area contributed by atoms with Crippen molar-refractivity contribution in [3.05, 3.63) is 60.2 Å². The fraction of sp³-hybridized carbons (Fsp3) is 0.211. The highest BCUT2D eigenvalue weighted by molar-refractivity contribution is 5.91. The molecule has 0 saturated carbocycles. The Labute approximate surface area is 156 Å². The van der Waals surface area contributed by atoms with Crippen molar-refractivity contribution in [1.82, 2.24) is 25.5 Å². The zero-order chi connectivity index (χ0) is 19.1. The van der Waals surface area contributed by atoms with Crippen molar-refractivity contribution in [3.8, 4) is 11.4 Å². The number of carbonyl (C=O) groups is 2. The van der Waals surface area contributed by atoms with Gasteiger partial charge in [0.15, 0.2) is 5.82 Å². The number of hydrogen-bond acceptors (Lipinski definition) is 5. The number of hydrogen-bond donors (Lipinski definition) is 2. The molecule has 2 N–H and O–H groups in total. The molecule has 1 aromatic heterocycles. The van der Waals surface area contributed by atoms with E-state index in [-0.39, 0.29) is 24.8 Å². The molecule has 0 aliphatic rings. The van der Waals surface area contributed by atoms with E-state index in [1.165, 1.54) is 0 Å². The highest BCUT2D eigenvalue weighted by Gasteiger charge is 2.09. The second-order valence-electron chi connectivity index (χ2n) is 6.02. The van der Waals surface area contributed by atoms with Crippen LogP contribution in [-0.4, -0.2) is 38.6 Å². The number of carbonyl (C=O) groups excluding carboxylic acids is 2. The number of benzene rings is 2. The minimum Gasteiger partial charge on any atom is -0.355 e. The summed E-state index contributed by atoms with van der Waals surface area (Å²) in [5, 5.41) is 16.9. The van der Waals surface area contributed by atoms with Crippen LogP contribution in [0.5, 0.6) is 0 Å². The number of rotatable bonds is 7. The Morgan fingerprint density at radius 2 is 1.85 bits per heavy atom. The third-order valence-corrected chi connectivity index (χ3v) is 3.91. The Balaban J connectivity index is 1.47. The van der Waals surface area contributed by atoms with Crippen LogP contribution in [0.3, 0.4) is 0 Å². The third kappa shape index (κ3) is 5.21. The predicted octanol–water partition coefficient (Wildman–Crippen LogP) is 1.56. The number of nitrogens with zero attached hydrogens (tertiary/aromatic N) is 4. The molecule has 1 heterocycles. The maximum Gasteiger partial charge on any atom is 0.226 e. The average Bonchev–Trinajstić information content (AvgIpc) is 3.09. The van der Waals surface area contributed by atoms with Gasteiger partial charge in [0.2, 0.25) is 11.8 Å². The topological polar surface area (TPSA) is 102 Å². The van der Waals surface area contributed by atoms with E-state index < -0.39 is 0 Å². The summed E-state index contributed by atoms with van der Waals surface area (Å²) in [4.78, 5) is 24.0. The molecule has 0 saturated heterocycles. The minimum absolute atomic E-state index is 0.106. The normalized spacial score (nSPS) is 10.4. The zero-order valence-corrected chi connectivity index (χ0v) is 14.9. The quantitative estimate of drug-likeness (QED) is 0.662. The van der Waals surface area contributed by atoms with Crippen LogP contribution in [-0.2, 0) is 23.1 Å². The van der Waals surface area contributed by atoms with Gasteiger partial charge in [0.25, 0.3) is 0 Å². The van der Waals surface area contributed by atoms with Gasteiger partial charge in [-0.3, -0.25) is 9.59 Å². The van der Waals surface area contributed by atoms with E-state index in [0.29, 0.717) is 17.9 Å². The molecule has 0 unspecified atom stereocenters. The molecule has 3 aromatic rings. The fourth-order valence-corrected chi connectivity index (χ4v) is 2.59. The monoisotopic (exact) mass is 364 g/mol. The summed E-state index contributed by atoms with van der Waals surface area (Å²) in [5.74, 6) is 0.327. The Morgan fingerprint density at radius 1 is 1.04 bits per heavy atom. The number of nitrogens with one attached hydrogen (secondary N) is 2. The molecule has 8 nitrogen and oxygen atoms in total. The molecular weight excluding hydrogens is 344 g/mol. The van der Waals surface area contributed by atoms with E-state index in [1.807, 2.05) is 42.5 Å². The van der Waals surface area contributed by atoms with Crippen LogP contribution >= 0.6 is 0 Å². The summed E-state index contributed by atoms with van der Waals surface area (Å²) in [6.07, 6.45) is 0.493. The first-order valence-corrected chi connectivity index (χ1v) is 8.55. The maximum absolute atomic E-state index is 12.1. The molecule has 27 heavy (non-hydrogen) atoms. The molecule has 0 fully saturated rings. The molecule has 2 amide bonds. The van der Waals surface area contributed by atoms with Gasteiger partial charge in [-0.25, -0.2) is 4.68 Å². The van der Waals surface area contributed by atoms with Crippen molar-refractivity contribution >= 4 is 17.5 Å². The molecule has 0 bridgehead atoms. The van der Waals surface area contributed by atoms with Crippen molar-refractivity contribution in [3.63, 3.8) is 0 Å². The lowest BCUT2D eigenvalue weighted by molar-refractivity contribution is -0.120. The molecule has 2 aromatic carbocycles. The number of anilines is 1. The van der Waals surface area contributed by atoms with E-state index in [1.54, 1.807) is 23.9 Å². The SMILES string of the molecule is Cn1nnnc1-c1cccc(NC(=O)CCNC(=O)Cc2ccccc2)c1. The highest BCUT2D eigenvalue weighted by atomic mass is 16.2. The van der Waals surface area contributed by atoms with Crippen LogP contribution in [0, 0.1) is 0 Å². The largest absolute Gasteiger partial charge is 0.355 e. The van der Waals surface area contributed by atoms with Gasteiger partial charge in [-0.1, -0.05) is 42.5 Å². The van der Waals surface area contributed by atoms with Crippen molar-refractivity contribution < 1.29 is 9.59 Å². The molecule has 0 spiro atoms. The first-order chi connectivity index (χ1) is 13.1. The first kappa shape index (κ1) is 18.2. The summed E-state index contributed by atoms with van der Waals surface area (Å²) < 4.78 is 1.56. The van der Waals surface area contributed by atoms with Crippen molar-refractivity contribution in [2.75, 3.05) is 11.9 Å². The molecule has 8 heteroatoms. The second kappa shape index (κ2) is 8.70. The van der Waals surface area contributed by atoms with Gasteiger partial charge < -0.3 is 10.6 Å². The first-order valence-electron chi connectivity index (χ1n) is 8.55. The van der Waals surface area contributed by atoms with E-state index in [4.69, 9.17) is 0 Å². The molecular formula is C19H20N6O2. The Hall–Kier alpha value is -3.55. The van der Waals surface area contributed by atoms with Crippen LogP contribution in [0.4, 0.5) is 5.69 Å². The second-order valence-corrected chi connectivity index (χ2v) is 6.02. The van der Waals surface area contributed by atoms with Gasteiger partial charge in [0, 0.05) is 31.3 Å². The van der Waals surface area contributed by atoms with Crippen molar-refractivity contribution in [2.45, 2.75) is 12.8 Å². The van der Waals surface area contributed by atoms with Gasteiger partial charge in [0.05, 0.1) is 6.42 Å². The molecule has 0 atom stereocenters. The zero-order valence-electron chi connectivity index (χ0n) is 14.9. The smallest absolute Gasteiger partial charge is 0.226 e. The Kier molecular flexibility index (Phi) is 5.88. The van der Waals surface area contributed by atoms with E-state index in [9.17, 15) is 9.59 Å². The standard InChI is InChI=1S/C19H20N6O2/c1-25-19(22-23-24-25)15-8-5-9-16(13-15)21-17(26)10-11-20-18(27)12-14-6-3-2-4-7-14/h2-9,13H,10-12H2,1H3,(H,20,27)(H,21,26). The lowest BCUT2D eigenvalue weighted by Gasteiger charge is -2.08. The van der Waals surface area contributed by atoms with Gasteiger partial charge in [-0.2, -0.15) is 0 Å². The van der Waals surface area contributed by atoms with E-state index >= 15 is 0 Å². The van der Waals surface area contributed by atoms with Crippen LogP contribution in [0.2, 0.25) is 0 Å². The van der Waals surface area contributed by atoms with Crippen molar-refractivity contribution in [2.24, 2.45) is 7.05 Å². The summed E-state index contributed by atoms with van der Waals surface area (Å²) >= 11 is 0. The summed E-state index contributed by atoms with van der Waals surface area (Å²) in [6, 6.07) is 16.8. The summed E-state index contributed by atoms with van der Waals surface area (Å²) in [6.45, 7) is 0.282.